The molecule has 28 heavy (non-hydrogen) atoms. The molecule has 0 aliphatic carbocycles. The Balaban J connectivity index is 1.70. The number of non-ortho nitro benzene ring substituents is 1. The second-order valence-electron chi connectivity index (χ2n) is 5.63. The van der Waals surface area contributed by atoms with Crippen LogP contribution in [0, 0.1) is 10.1 Å². The largest absolute Gasteiger partial charge is 0.475 e. The number of aromatic nitrogens is 2. The van der Waals surface area contributed by atoms with Crippen molar-refractivity contribution in [3.63, 3.8) is 0 Å². The number of hydrogen-bond acceptors (Lipinski definition) is 8. The number of nitro groups is 1. The Labute approximate surface area is 166 Å². The van der Waals surface area contributed by atoms with Crippen LogP contribution in [0.4, 0.5) is 5.69 Å². The van der Waals surface area contributed by atoms with Gasteiger partial charge in [-0.2, -0.15) is 0 Å². The standard InChI is InChI=1S/C19H19N3O5S/c1-25-10-11-26-12-13-27-18-7-6-16-19(21-18)17(8-9-20-16)28-15-4-2-14(3-5-15)22(23)24/h2-9H,10-13H2,1H3. The molecule has 0 N–H and O–H groups in total. The molecule has 3 rings (SSSR count). The van der Waals surface area contributed by atoms with Crippen molar-refractivity contribution < 1.29 is 19.1 Å². The van der Waals surface area contributed by atoms with E-state index in [-0.39, 0.29) is 5.69 Å². The van der Waals surface area contributed by atoms with E-state index >= 15 is 0 Å². The molecule has 0 fully saturated rings. The first kappa shape index (κ1) is 20.0. The molecule has 0 spiro atoms. The Morgan fingerprint density at radius 2 is 1.82 bits per heavy atom. The maximum absolute atomic E-state index is 10.8. The topological polar surface area (TPSA) is 96.6 Å². The first-order valence-electron chi connectivity index (χ1n) is 8.55. The highest BCUT2D eigenvalue weighted by atomic mass is 32.2. The zero-order chi connectivity index (χ0) is 19.8. The summed E-state index contributed by atoms with van der Waals surface area (Å²) in [5.74, 6) is 0.487. The summed E-state index contributed by atoms with van der Waals surface area (Å²) in [6.45, 7) is 1.89. The van der Waals surface area contributed by atoms with Crippen LogP contribution in [0.3, 0.4) is 0 Å². The van der Waals surface area contributed by atoms with Crippen LogP contribution in [0.5, 0.6) is 5.88 Å². The molecule has 0 atom stereocenters. The van der Waals surface area contributed by atoms with Gasteiger partial charge in [-0.05, 0) is 24.3 Å². The third-order valence-electron chi connectivity index (χ3n) is 3.71. The predicted molar refractivity (Wildman–Crippen MR) is 105 cm³/mol. The molecule has 0 radical (unpaired) electrons. The molecule has 0 saturated heterocycles. The smallest absolute Gasteiger partial charge is 0.269 e. The number of hydrogen-bond donors (Lipinski definition) is 0. The molecule has 9 heteroatoms. The van der Waals surface area contributed by atoms with Crippen LogP contribution in [0.25, 0.3) is 11.0 Å². The van der Waals surface area contributed by atoms with Gasteiger partial charge in [-0.25, -0.2) is 4.98 Å². The fourth-order valence-electron chi connectivity index (χ4n) is 2.36. The number of ether oxygens (including phenoxy) is 3. The minimum absolute atomic E-state index is 0.0606. The van der Waals surface area contributed by atoms with Gasteiger partial charge in [0, 0.05) is 41.3 Å². The second kappa shape index (κ2) is 9.98. The summed E-state index contributed by atoms with van der Waals surface area (Å²) in [5.41, 5.74) is 1.52. The van der Waals surface area contributed by atoms with E-state index in [0.717, 1.165) is 15.3 Å². The third-order valence-corrected chi connectivity index (χ3v) is 4.76. The van der Waals surface area contributed by atoms with Crippen molar-refractivity contribution >= 4 is 28.5 Å². The van der Waals surface area contributed by atoms with Crippen molar-refractivity contribution in [3.8, 4) is 5.88 Å². The van der Waals surface area contributed by atoms with Crippen molar-refractivity contribution in [2.24, 2.45) is 0 Å². The highest BCUT2D eigenvalue weighted by molar-refractivity contribution is 7.99. The normalized spacial score (nSPS) is 10.9. The maximum Gasteiger partial charge on any atom is 0.269 e. The van der Waals surface area contributed by atoms with E-state index in [2.05, 4.69) is 9.97 Å². The molecule has 0 bridgehead atoms. The van der Waals surface area contributed by atoms with Crippen LogP contribution < -0.4 is 4.74 Å². The van der Waals surface area contributed by atoms with Crippen LogP contribution in [0.15, 0.2) is 58.5 Å². The first-order valence-corrected chi connectivity index (χ1v) is 9.36. The van der Waals surface area contributed by atoms with Gasteiger partial charge >= 0.3 is 0 Å². The fourth-order valence-corrected chi connectivity index (χ4v) is 3.26. The quantitative estimate of drug-likeness (QED) is 0.288. The summed E-state index contributed by atoms with van der Waals surface area (Å²) in [7, 11) is 1.62. The molecule has 0 amide bonds. The minimum atomic E-state index is -0.416. The van der Waals surface area contributed by atoms with Gasteiger partial charge in [-0.1, -0.05) is 11.8 Å². The van der Waals surface area contributed by atoms with E-state index in [1.54, 1.807) is 31.5 Å². The highest BCUT2D eigenvalue weighted by Crippen LogP contribution is 2.33. The fraction of sp³-hybridized carbons (Fsp3) is 0.263. The summed E-state index contributed by atoms with van der Waals surface area (Å²) in [4.78, 5) is 21.0. The lowest BCUT2D eigenvalue weighted by atomic mass is 10.3. The van der Waals surface area contributed by atoms with Crippen molar-refractivity contribution in [2.75, 3.05) is 33.5 Å². The molecule has 0 aliphatic heterocycles. The monoisotopic (exact) mass is 401 g/mol. The Morgan fingerprint density at radius 1 is 1.04 bits per heavy atom. The van der Waals surface area contributed by atoms with E-state index in [9.17, 15) is 10.1 Å². The van der Waals surface area contributed by atoms with E-state index in [4.69, 9.17) is 14.2 Å². The third kappa shape index (κ3) is 5.38. The molecule has 146 valence electrons. The van der Waals surface area contributed by atoms with Gasteiger partial charge in [-0.3, -0.25) is 15.1 Å². The molecule has 0 aliphatic rings. The molecular weight excluding hydrogens is 382 g/mol. The van der Waals surface area contributed by atoms with Gasteiger partial charge in [0.15, 0.2) is 0 Å². The number of pyridine rings is 2. The summed E-state index contributed by atoms with van der Waals surface area (Å²) >= 11 is 1.46. The molecule has 1 aromatic carbocycles. The number of fused-ring (bicyclic) bond motifs is 1. The number of rotatable bonds is 10. The molecule has 0 saturated carbocycles. The average Bonchev–Trinajstić information content (AvgIpc) is 2.71. The average molecular weight is 401 g/mol. The molecule has 0 unspecified atom stereocenters. The summed E-state index contributed by atoms with van der Waals surface area (Å²) < 4.78 is 15.9. The van der Waals surface area contributed by atoms with Gasteiger partial charge < -0.3 is 14.2 Å². The predicted octanol–water partition coefficient (Wildman–Crippen LogP) is 3.73. The minimum Gasteiger partial charge on any atom is -0.475 e. The van der Waals surface area contributed by atoms with E-state index in [1.807, 2.05) is 12.1 Å². The molecular formula is C19H19N3O5S. The summed E-state index contributed by atoms with van der Waals surface area (Å²) in [6, 6.07) is 11.9. The van der Waals surface area contributed by atoms with Gasteiger partial charge in [0.05, 0.1) is 30.3 Å². The zero-order valence-corrected chi connectivity index (χ0v) is 16.1. The Kier molecular flexibility index (Phi) is 7.12. The second-order valence-corrected chi connectivity index (χ2v) is 6.75. The van der Waals surface area contributed by atoms with Gasteiger partial charge in [0.2, 0.25) is 5.88 Å². The van der Waals surface area contributed by atoms with Crippen LogP contribution in [-0.4, -0.2) is 48.4 Å². The maximum atomic E-state index is 10.8. The Morgan fingerprint density at radius 3 is 2.57 bits per heavy atom. The van der Waals surface area contributed by atoms with E-state index < -0.39 is 4.92 Å². The number of nitro benzene ring substituents is 1. The molecule has 2 aromatic heterocycles. The van der Waals surface area contributed by atoms with Gasteiger partial charge in [0.25, 0.3) is 5.69 Å². The number of methoxy groups -OCH3 is 1. The Bertz CT molecular complexity index is 937. The highest BCUT2D eigenvalue weighted by Gasteiger charge is 2.09. The number of nitrogens with zero attached hydrogens (tertiary/aromatic N) is 3. The Hall–Kier alpha value is -2.75. The first-order chi connectivity index (χ1) is 13.7. The lowest BCUT2D eigenvalue weighted by Gasteiger charge is -2.09. The van der Waals surface area contributed by atoms with Crippen LogP contribution in [0.1, 0.15) is 0 Å². The molecule has 2 heterocycles. The van der Waals surface area contributed by atoms with Crippen LogP contribution in [-0.2, 0) is 9.47 Å². The summed E-state index contributed by atoms with van der Waals surface area (Å²) in [5, 5.41) is 10.8. The van der Waals surface area contributed by atoms with Gasteiger partial charge in [0.1, 0.15) is 12.1 Å². The van der Waals surface area contributed by atoms with Crippen molar-refractivity contribution in [2.45, 2.75) is 9.79 Å². The van der Waals surface area contributed by atoms with Crippen LogP contribution in [0.2, 0.25) is 0 Å². The van der Waals surface area contributed by atoms with Crippen molar-refractivity contribution in [1.29, 1.82) is 0 Å². The van der Waals surface area contributed by atoms with Crippen molar-refractivity contribution in [1.82, 2.24) is 9.97 Å². The zero-order valence-electron chi connectivity index (χ0n) is 15.2. The van der Waals surface area contributed by atoms with E-state index in [1.165, 1.54) is 23.9 Å². The van der Waals surface area contributed by atoms with Crippen molar-refractivity contribution in [3.05, 3.63) is 58.8 Å². The lowest BCUT2D eigenvalue weighted by molar-refractivity contribution is -0.384. The van der Waals surface area contributed by atoms with E-state index in [0.29, 0.717) is 37.8 Å². The number of benzene rings is 1. The lowest BCUT2D eigenvalue weighted by Crippen LogP contribution is -2.10. The molecule has 3 aromatic rings. The van der Waals surface area contributed by atoms with Crippen LogP contribution >= 0.6 is 11.8 Å². The van der Waals surface area contributed by atoms with Gasteiger partial charge in [-0.15, -0.1) is 0 Å². The SMILES string of the molecule is COCCOCCOc1ccc2nccc(Sc3ccc([N+](=O)[O-])cc3)c2n1. The molecule has 8 nitrogen and oxygen atoms in total. The summed E-state index contributed by atoms with van der Waals surface area (Å²) in [6.07, 6.45) is 1.71.